The van der Waals surface area contributed by atoms with E-state index in [-0.39, 0.29) is 47.6 Å². The summed E-state index contributed by atoms with van der Waals surface area (Å²) in [7, 11) is 0. The largest absolute Gasteiger partial charge is 0.478 e. The third-order valence-corrected chi connectivity index (χ3v) is 12.2. The predicted octanol–water partition coefficient (Wildman–Crippen LogP) is 4.95. The van der Waals surface area contributed by atoms with Gasteiger partial charge in [0, 0.05) is 6.92 Å². The zero-order valence-electron chi connectivity index (χ0n) is 25.0. The van der Waals surface area contributed by atoms with Gasteiger partial charge in [-0.1, -0.05) is 31.2 Å². The van der Waals surface area contributed by atoms with Gasteiger partial charge in [0.25, 0.3) is 0 Å². The number of aliphatic hydroxyl groups is 1. The molecular formula is C33H36FN3O6S. The van der Waals surface area contributed by atoms with E-state index in [4.69, 9.17) is 4.74 Å². The summed E-state index contributed by atoms with van der Waals surface area (Å²) in [5.74, 6) is -2.90. The number of thioether (sulfide) groups is 1. The van der Waals surface area contributed by atoms with Crippen molar-refractivity contribution in [2.45, 2.75) is 71.5 Å². The summed E-state index contributed by atoms with van der Waals surface area (Å²) in [5, 5.41) is 35.7. The SMILES string of the molecule is CC(=O)OC(C(=O)O)[C@@]1(C(=O)SCC#N)CC[C@H]2[C@@H]3CCC4=Cc5c(cnn5-c5ccc(F)cc5)C[C@]4(C)[C@H]3[C@@H](O)C[C@@]21C. The van der Waals surface area contributed by atoms with Crippen LogP contribution in [0.1, 0.15) is 64.1 Å². The maximum absolute atomic E-state index is 14.0. The van der Waals surface area contributed by atoms with Gasteiger partial charge in [0.05, 0.1) is 40.9 Å². The van der Waals surface area contributed by atoms with E-state index in [2.05, 4.69) is 18.1 Å². The smallest absolute Gasteiger partial charge is 0.346 e. The van der Waals surface area contributed by atoms with Gasteiger partial charge in [-0.3, -0.25) is 9.59 Å². The molecule has 1 heterocycles. The summed E-state index contributed by atoms with van der Waals surface area (Å²) in [4.78, 5) is 38.8. The van der Waals surface area contributed by atoms with Crippen LogP contribution in [0.4, 0.5) is 4.39 Å². The quantitative estimate of drug-likeness (QED) is 0.429. The number of fused-ring (bicyclic) bond motifs is 6. The number of carbonyl (C=O) groups is 3. The number of allylic oxidation sites excluding steroid dienone is 1. The first-order chi connectivity index (χ1) is 20.9. The van der Waals surface area contributed by atoms with E-state index in [1.54, 1.807) is 12.1 Å². The fraction of sp³-hybridized carbons (Fsp3) is 0.545. The van der Waals surface area contributed by atoms with Crippen molar-refractivity contribution in [3.8, 4) is 11.8 Å². The number of aromatic nitrogens is 2. The summed E-state index contributed by atoms with van der Waals surface area (Å²) in [5.41, 5.74) is 1.00. The number of esters is 1. The van der Waals surface area contributed by atoms with Crippen molar-refractivity contribution in [3.63, 3.8) is 0 Å². The maximum Gasteiger partial charge on any atom is 0.346 e. The molecule has 9 nitrogen and oxygen atoms in total. The predicted molar refractivity (Wildman–Crippen MR) is 160 cm³/mol. The van der Waals surface area contributed by atoms with Gasteiger partial charge in [0.1, 0.15) is 5.82 Å². The first kappa shape index (κ1) is 30.5. The summed E-state index contributed by atoms with van der Waals surface area (Å²) in [6.07, 6.45) is 4.53. The Kier molecular flexibility index (Phi) is 7.52. The van der Waals surface area contributed by atoms with Crippen molar-refractivity contribution in [1.82, 2.24) is 9.78 Å². The molecule has 8 atom stereocenters. The van der Waals surface area contributed by atoms with Crippen LogP contribution >= 0.6 is 11.8 Å². The highest BCUT2D eigenvalue weighted by atomic mass is 32.2. The van der Waals surface area contributed by atoms with Crippen LogP contribution in [-0.4, -0.2) is 55.0 Å². The number of hydrogen-bond donors (Lipinski definition) is 2. The molecule has 2 aromatic rings. The molecule has 0 bridgehead atoms. The highest BCUT2D eigenvalue weighted by Crippen LogP contribution is 2.71. The molecule has 0 aliphatic heterocycles. The lowest BCUT2D eigenvalue weighted by Gasteiger charge is -2.61. The van der Waals surface area contributed by atoms with Crippen molar-refractivity contribution >= 4 is 34.9 Å². The van der Waals surface area contributed by atoms with Crippen LogP contribution in [0.15, 0.2) is 36.0 Å². The Morgan fingerprint density at radius 3 is 2.64 bits per heavy atom. The van der Waals surface area contributed by atoms with Gasteiger partial charge < -0.3 is 14.9 Å². The molecule has 11 heteroatoms. The van der Waals surface area contributed by atoms with Crippen LogP contribution < -0.4 is 0 Å². The maximum atomic E-state index is 14.0. The number of halogens is 1. The number of carbonyl (C=O) groups excluding carboxylic acids is 2. The van der Waals surface area contributed by atoms with E-state index in [1.807, 2.05) is 23.9 Å². The number of carboxylic acid groups (broad SMARTS) is 1. The van der Waals surface area contributed by atoms with Crippen molar-refractivity contribution in [3.05, 3.63) is 53.1 Å². The van der Waals surface area contributed by atoms with Gasteiger partial charge in [-0.15, -0.1) is 0 Å². The van der Waals surface area contributed by atoms with Crippen molar-refractivity contribution < 1.29 is 33.7 Å². The average Bonchev–Trinajstić information content (AvgIpc) is 3.50. The molecule has 0 saturated heterocycles. The lowest BCUT2D eigenvalue weighted by atomic mass is 9.44. The first-order valence-electron chi connectivity index (χ1n) is 15.0. The number of carboxylic acids is 1. The van der Waals surface area contributed by atoms with Gasteiger partial charge in [0.15, 0.2) is 0 Å². The first-order valence-corrected chi connectivity index (χ1v) is 16.0. The molecule has 1 aromatic heterocycles. The minimum absolute atomic E-state index is 0.00186. The van der Waals surface area contributed by atoms with Crippen molar-refractivity contribution in [2.75, 3.05) is 5.75 Å². The Hall–Kier alpha value is -3.49. The number of aliphatic carboxylic acids is 1. The number of ether oxygens (including phenoxy) is 1. The van der Waals surface area contributed by atoms with Crippen LogP contribution in [-0.2, 0) is 25.5 Å². The number of aliphatic hydroxyl groups excluding tert-OH is 1. The Bertz CT molecular complexity index is 1600. The Morgan fingerprint density at radius 1 is 1.25 bits per heavy atom. The number of nitriles is 1. The molecule has 0 radical (unpaired) electrons. The van der Waals surface area contributed by atoms with Crippen molar-refractivity contribution in [1.29, 1.82) is 5.26 Å². The average molecular weight is 622 g/mol. The molecular weight excluding hydrogens is 585 g/mol. The zero-order chi connectivity index (χ0) is 31.6. The molecule has 44 heavy (non-hydrogen) atoms. The Labute approximate surface area is 259 Å². The molecule has 4 aliphatic rings. The fourth-order valence-corrected chi connectivity index (χ4v) is 10.6. The fourth-order valence-electron chi connectivity index (χ4n) is 9.66. The number of benzene rings is 1. The van der Waals surface area contributed by atoms with Crippen LogP contribution in [0.25, 0.3) is 11.8 Å². The molecule has 3 fully saturated rings. The summed E-state index contributed by atoms with van der Waals surface area (Å²) >= 11 is 0.766. The minimum Gasteiger partial charge on any atom is -0.478 e. The van der Waals surface area contributed by atoms with E-state index in [0.29, 0.717) is 12.8 Å². The Morgan fingerprint density at radius 2 is 1.98 bits per heavy atom. The third kappa shape index (κ3) is 4.36. The van der Waals surface area contributed by atoms with E-state index >= 15 is 0 Å². The van der Waals surface area contributed by atoms with E-state index < -0.39 is 40.1 Å². The summed E-state index contributed by atoms with van der Waals surface area (Å²) in [6, 6.07) is 8.16. The van der Waals surface area contributed by atoms with Gasteiger partial charge in [-0.05, 0) is 103 Å². The van der Waals surface area contributed by atoms with E-state index in [1.165, 1.54) is 17.7 Å². The van der Waals surface area contributed by atoms with Crippen LogP contribution in [0.3, 0.4) is 0 Å². The Balaban J connectivity index is 1.38. The molecule has 3 saturated carbocycles. The monoisotopic (exact) mass is 621 g/mol. The van der Waals surface area contributed by atoms with Crippen molar-refractivity contribution in [2.24, 2.45) is 34.0 Å². The van der Waals surface area contributed by atoms with Gasteiger partial charge in [-0.2, -0.15) is 10.4 Å². The lowest BCUT2D eigenvalue weighted by molar-refractivity contribution is -0.194. The molecule has 0 spiro atoms. The number of nitrogens with zero attached hydrogens (tertiary/aromatic N) is 3. The molecule has 0 amide bonds. The topological polar surface area (TPSA) is 143 Å². The van der Waals surface area contributed by atoms with E-state index in [9.17, 15) is 34.2 Å². The van der Waals surface area contributed by atoms with E-state index in [0.717, 1.165) is 48.5 Å². The molecule has 232 valence electrons. The summed E-state index contributed by atoms with van der Waals surface area (Å²) < 4.78 is 20.8. The molecule has 1 aromatic carbocycles. The second-order valence-corrected chi connectivity index (χ2v) is 14.3. The minimum atomic E-state index is -1.72. The standard InChI is InChI=1S/C33H36FN3O6S/c1-18(38)43-28(29(40)41)33(30(42)44-13-12-35)11-10-24-23-9-4-20-14-25-19(17-36-37(25)22-7-5-21(34)6-8-22)15-31(20,2)27(23)26(39)16-32(24,33)3/h5-8,14,17,23-24,26-28,39H,4,9-11,13,15-16H2,1-3H3,(H,40,41)/t23-,24-,26-,27+,28?,31-,32-,33+/m0/s1. The lowest BCUT2D eigenvalue weighted by Crippen LogP contribution is -2.63. The molecule has 4 aliphatic carbocycles. The number of hydrogen-bond acceptors (Lipinski definition) is 8. The highest BCUT2D eigenvalue weighted by molar-refractivity contribution is 8.13. The third-order valence-electron chi connectivity index (χ3n) is 11.3. The van der Waals surface area contributed by atoms with Crippen LogP contribution in [0.2, 0.25) is 0 Å². The highest BCUT2D eigenvalue weighted by Gasteiger charge is 2.72. The zero-order valence-corrected chi connectivity index (χ0v) is 25.8. The second kappa shape index (κ2) is 10.8. The molecule has 2 N–H and O–H groups in total. The van der Waals surface area contributed by atoms with Gasteiger partial charge >= 0.3 is 11.9 Å². The number of rotatable bonds is 6. The summed E-state index contributed by atoms with van der Waals surface area (Å²) in [6.45, 7) is 5.20. The normalized spacial score (nSPS) is 34.3. The van der Waals surface area contributed by atoms with Crippen LogP contribution in [0.5, 0.6) is 0 Å². The van der Waals surface area contributed by atoms with Gasteiger partial charge in [0.2, 0.25) is 11.2 Å². The molecule has 6 rings (SSSR count). The van der Waals surface area contributed by atoms with Gasteiger partial charge in [-0.25, -0.2) is 13.9 Å². The molecule has 1 unspecified atom stereocenters. The second-order valence-electron chi connectivity index (χ2n) is 13.3. The van der Waals surface area contributed by atoms with Crippen LogP contribution in [0, 0.1) is 51.1 Å².